The average Bonchev–Trinajstić information content (AvgIpc) is 3.03. The van der Waals surface area contributed by atoms with Crippen LogP contribution in [0.15, 0.2) is 17.5 Å². The number of hydrogen-bond donors (Lipinski definition) is 2. The SMILES string of the molecule is CC(CNC(=O)c1csc(-c2ccc(Cl)s2)n1)CC(=O)O. The lowest BCUT2D eigenvalue weighted by molar-refractivity contribution is -0.137. The molecule has 0 fully saturated rings. The number of thiophene rings is 1. The second kappa shape index (κ2) is 7.02. The molecule has 8 heteroatoms. The van der Waals surface area contributed by atoms with E-state index in [1.54, 1.807) is 18.4 Å². The summed E-state index contributed by atoms with van der Waals surface area (Å²) in [5.41, 5.74) is 0.335. The maximum Gasteiger partial charge on any atom is 0.303 e. The van der Waals surface area contributed by atoms with Gasteiger partial charge in [-0.15, -0.1) is 22.7 Å². The van der Waals surface area contributed by atoms with Crippen molar-refractivity contribution in [2.24, 2.45) is 5.92 Å². The second-order valence-corrected chi connectivity index (χ2v) is 7.13. The first-order chi connectivity index (χ1) is 9.95. The Hall–Kier alpha value is -1.44. The minimum Gasteiger partial charge on any atom is -0.481 e. The Morgan fingerprint density at radius 2 is 2.24 bits per heavy atom. The van der Waals surface area contributed by atoms with Crippen molar-refractivity contribution in [2.45, 2.75) is 13.3 Å². The lowest BCUT2D eigenvalue weighted by atomic mass is 10.1. The summed E-state index contributed by atoms with van der Waals surface area (Å²) in [5.74, 6) is -1.29. The zero-order chi connectivity index (χ0) is 15.4. The van der Waals surface area contributed by atoms with Crippen molar-refractivity contribution in [2.75, 3.05) is 6.54 Å². The van der Waals surface area contributed by atoms with Crippen LogP contribution in [0.3, 0.4) is 0 Å². The minimum atomic E-state index is -0.873. The molecule has 21 heavy (non-hydrogen) atoms. The molecule has 0 bridgehead atoms. The number of carbonyl (C=O) groups excluding carboxylic acids is 1. The monoisotopic (exact) mass is 344 g/mol. The molecular formula is C13H13ClN2O3S2. The smallest absolute Gasteiger partial charge is 0.303 e. The van der Waals surface area contributed by atoms with Crippen molar-refractivity contribution in [3.8, 4) is 9.88 Å². The molecule has 2 aromatic heterocycles. The minimum absolute atomic E-state index is 0.0241. The summed E-state index contributed by atoms with van der Waals surface area (Å²) in [7, 11) is 0. The number of hydrogen-bond acceptors (Lipinski definition) is 5. The van der Waals surface area contributed by atoms with E-state index in [9.17, 15) is 9.59 Å². The standard InChI is InChI=1S/C13H13ClN2O3S2/c1-7(4-11(17)18)5-15-12(19)8-6-20-13(16-8)9-2-3-10(14)21-9/h2-3,6-7H,4-5H2,1H3,(H,15,19)(H,17,18). The number of aromatic nitrogens is 1. The van der Waals surface area contributed by atoms with Crippen LogP contribution in [0, 0.1) is 5.92 Å². The number of amides is 1. The van der Waals surface area contributed by atoms with E-state index in [1.807, 2.05) is 6.07 Å². The van der Waals surface area contributed by atoms with Gasteiger partial charge in [-0.05, 0) is 18.1 Å². The molecule has 112 valence electrons. The number of carboxylic acid groups (broad SMARTS) is 1. The van der Waals surface area contributed by atoms with Gasteiger partial charge in [-0.1, -0.05) is 18.5 Å². The van der Waals surface area contributed by atoms with Gasteiger partial charge in [-0.25, -0.2) is 4.98 Å². The average molecular weight is 345 g/mol. The molecule has 2 N–H and O–H groups in total. The fourth-order valence-electron chi connectivity index (χ4n) is 1.65. The molecule has 0 aliphatic heterocycles. The zero-order valence-electron chi connectivity index (χ0n) is 11.1. The lowest BCUT2D eigenvalue weighted by Gasteiger charge is -2.08. The summed E-state index contributed by atoms with van der Waals surface area (Å²) in [4.78, 5) is 27.7. The van der Waals surface area contributed by atoms with Crippen molar-refractivity contribution in [1.29, 1.82) is 0 Å². The van der Waals surface area contributed by atoms with Crippen molar-refractivity contribution in [3.05, 3.63) is 27.5 Å². The number of nitrogens with one attached hydrogen (secondary N) is 1. The summed E-state index contributed by atoms with van der Waals surface area (Å²) in [6.45, 7) is 2.08. The molecule has 0 aliphatic carbocycles. The van der Waals surface area contributed by atoms with E-state index in [0.717, 1.165) is 9.88 Å². The van der Waals surface area contributed by atoms with Gasteiger partial charge >= 0.3 is 5.97 Å². The van der Waals surface area contributed by atoms with Crippen molar-refractivity contribution < 1.29 is 14.7 Å². The third-order valence-electron chi connectivity index (χ3n) is 2.65. The van der Waals surface area contributed by atoms with Crippen molar-refractivity contribution in [3.63, 3.8) is 0 Å². The molecule has 0 spiro atoms. The van der Waals surface area contributed by atoms with E-state index in [1.165, 1.54) is 22.7 Å². The normalized spacial score (nSPS) is 12.1. The third-order valence-corrected chi connectivity index (χ3v) is 4.90. The molecule has 0 saturated carbocycles. The first-order valence-electron chi connectivity index (χ1n) is 6.17. The lowest BCUT2D eigenvalue weighted by Crippen LogP contribution is -2.29. The first-order valence-corrected chi connectivity index (χ1v) is 8.24. The number of halogens is 1. The Bertz CT molecular complexity index is 653. The van der Waals surface area contributed by atoms with Gasteiger partial charge in [0.15, 0.2) is 0 Å². The predicted molar refractivity (Wildman–Crippen MR) is 84.2 cm³/mol. The van der Waals surface area contributed by atoms with E-state index >= 15 is 0 Å². The van der Waals surface area contributed by atoms with E-state index in [0.29, 0.717) is 16.6 Å². The van der Waals surface area contributed by atoms with Gasteiger partial charge in [-0.3, -0.25) is 9.59 Å². The molecule has 2 heterocycles. The van der Waals surface area contributed by atoms with E-state index in [-0.39, 0.29) is 18.2 Å². The molecule has 1 amide bonds. The Balaban J connectivity index is 1.94. The molecule has 2 rings (SSSR count). The number of carbonyl (C=O) groups is 2. The molecule has 2 aromatic rings. The Labute approximate surface area is 134 Å². The summed E-state index contributed by atoms with van der Waals surface area (Å²) in [6.07, 6.45) is 0.0241. The summed E-state index contributed by atoms with van der Waals surface area (Å²) in [5, 5.41) is 13.8. The molecule has 0 aliphatic rings. The van der Waals surface area contributed by atoms with Gasteiger partial charge in [0.2, 0.25) is 0 Å². The van der Waals surface area contributed by atoms with Gasteiger partial charge in [0, 0.05) is 18.3 Å². The Morgan fingerprint density at radius 1 is 1.48 bits per heavy atom. The van der Waals surface area contributed by atoms with Crippen molar-refractivity contribution in [1.82, 2.24) is 10.3 Å². The highest BCUT2D eigenvalue weighted by Crippen LogP contribution is 2.32. The van der Waals surface area contributed by atoms with Crippen LogP contribution in [0.25, 0.3) is 9.88 Å². The first kappa shape index (κ1) is 15.9. The summed E-state index contributed by atoms with van der Waals surface area (Å²) in [6, 6.07) is 3.65. The summed E-state index contributed by atoms with van der Waals surface area (Å²) >= 11 is 8.66. The van der Waals surface area contributed by atoms with E-state index < -0.39 is 5.97 Å². The van der Waals surface area contributed by atoms with Crippen LogP contribution in [0.5, 0.6) is 0 Å². The second-order valence-electron chi connectivity index (χ2n) is 4.55. The molecule has 0 radical (unpaired) electrons. The largest absolute Gasteiger partial charge is 0.481 e. The van der Waals surface area contributed by atoms with Gasteiger partial charge in [0.1, 0.15) is 10.7 Å². The van der Waals surface area contributed by atoms with Gasteiger partial charge < -0.3 is 10.4 Å². The fourth-order valence-corrected chi connectivity index (χ4v) is 3.56. The number of aliphatic carboxylic acids is 1. The van der Waals surface area contributed by atoms with Crippen LogP contribution in [0.2, 0.25) is 4.34 Å². The Kier molecular flexibility index (Phi) is 5.33. The molecule has 5 nitrogen and oxygen atoms in total. The highest BCUT2D eigenvalue weighted by Gasteiger charge is 2.14. The number of thiazole rings is 1. The summed E-state index contributed by atoms with van der Waals surface area (Å²) < 4.78 is 0.675. The molecule has 1 unspecified atom stereocenters. The highest BCUT2D eigenvalue weighted by atomic mass is 35.5. The highest BCUT2D eigenvalue weighted by molar-refractivity contribution is 7.23. The number of rotatable bonds is 6. The maximum atomic E-state index is 11.9. The van der Waals surface area contributed by atoms with Gasteiger partial charge in [-0.2, -0.15) is 0 Å². The topological polar surface area (TPSA) is 79.3 Å². The molecular weight excluding hydrogens is 332 g/mol. The van der Waals surface area contributed by atoms with Crippen LogP contribution < -0.4 is 5.32 Å². The maximum absolute atomic E-state index is 11.9. The molecule has 0 aromatic carbocycles. The van der Waals surface area contributed by atoms with Crippen LogP contribution in [0.1, 0.15) is 23.8 Å². The molecule has 1 atom stereocenters. The van der Waals surface area contributed by atoms with Gasteiger partial charge in [0.05, 0.1) is 9.21 Å². The predicted octanol–water partition coefficient (Wildman–Crippen LogP) is 3.37. The third kappa shape index (κ3) is 4.52. The molecule has 0 saturated heterocycles. The van der Waals surface area contributed by atoms with E-state index in [2.05, 4.69) is 10.3 Å². The van der Waals surface area contributed by atoms with Crippen LogP contribution in [-0.4, -0.2) is 28.5 Å². The quantitative estimate of drug-likeness (QED) is 0.842. The Morgan fingerprint density at radius 3 is 2.86 bits per heavy atom. The van der Waals surface area contributed by atoms with Crippen LogP contribution in [-0.2, 0) is 4.79 Å². The van der Waals surface area contributed by atoms with Crippen molar-refractivity contribution >= 4 is 46.2 Å². The van der Waals surface area contributed by atoms with Gasteiger partial charge in [0.25, 0.3) is 5.91 Å². The van der Waals surface area contributed by atoms with Crippen LogP contribution in [0.4, 0.5) is 0 Å². The number of nitrogens with zero attached hydrogens (tertiary/aromatic N) is 1. The van der Waals surface area contributed by atoms with Crippen LogP contribution >= 0.6 is 34.3 Å². The van der Waals surface area contributed by atoms with E-state index in [4.69, 9.17) is 16.7 Å². The number of carboxylic acids is 1. The zero-order valence-corrected chi connectivity index (χ0v) is 13.5. The fraction of sp³-hybridized carbons (Fsp3) is 0.308.